The molecule has 0 radical (unpaired) electrons. The van der Waals surface area contributed by atoms with Gasteiger partial charge < -0.3 is 19.9 Å². The van der Waals surface area contributed by atoms with Crippen molar-refractivity contribution in [3.8, 4) is 11.5 Å². The first-order valence-corrected chi connectivity index (χ1v) is 9.78. The molecule has 2 N–H and O–H groups in total. The fourth-order valence-corrected chi connectivity index (χ4v) is 3.21. The highest BCUT2D eigenvalue weighted by atomic mass is 32.2. The molecule has 0 unspecified atom stereocenters. The van der Waals surface area contributed by atoms with E-state index in [1.807, 2.05) is 0 Å². The molecular formula is C18H19NO7S. The summed E-state index contributed by atoms with van der Waals surface area (Å²) < 4.78 is 32.8. The molecule has 8 nitrogen and oxygen atoms in total. The Morgan fingerprint density at radius 1 is 1.04 bits per heavy atom. The third kappa shape index (κ3) is 5.20. The van der Waals surface area contributed by atoms with E-state index in [9.17, 15) is 23.1 Å². The van der Waals surface area contributed by atoms with Crippen molar-refractivity contribution in [3.05, 3.63) is 53.1 Å². The summed E-state index contributed by atoms with van der Waals surface area (Å²) >= 11 is 0. The topological polar surface area (TPSA) is 119 Å². The number of hydrogen-bond acceptors (Lipinski definition) is 6. The van der Waals surface area contributed by atoms with Gasteiger partial charge in [-0.05, 0) is 17.7 Å². The Hall–Kier alpha value is -3.07. The SMILES string of the molecule is COc1cc(NC(=O)c2ccc(CS(C)(=O)=O)cc2)c(C(=O)O)cc1OC. The van der Waals surface area contributed by atoms with E-state index in [1.54, 1.807) is 0 Å². The van der Waals surface area contributed by atoms with Crippen LogP contribution in [0.5, 0.6) is 11.5 Å². The minimum atomic E-state index is -3.18. The molecule has 27 heavy (non-hydrogen) atoms. The highest BCUT2D eigenvalue weighted by Gasteiger charge is 2.18. The van der Waals surface area contributed by atoms with E-state index in [2.05, 4.69) is 5.32 Å². The van der Waals surface area contributed by atoms with Gasteiger partial charge in [0.1, 0.15) is 0 Å². The van der Waals surface area contributed by atoms with E-state index >= 15 is 0 Å². The molecule has 0 aliphatic carbocycles. The molecule has 0 saturated heterocycles. The van der Waals surface area contributed by atoms with E-state index in [0.717, 1.165) is 6.26 Å². The monoisotopic (exact) mass is 393 g/mol. The molecule has 0 heterocycles. The van der Waals surface area contributed by atoms with Crippen LogP contribution in [0.3, 0.4) is 0 Å². The van der Waals surface area contributed by atoms with Gasteiger partial charge in [0, 0.05) is 24.0 Å². The van der Waals surface area contributed by atoms with Crippen molar-refractivity contribution in [2.75, 3.05) is 25.8 Å². The Morgan fingerprint density at radius 2 is 1.59 bits per heavy atom. The zero-order chi connectivity index (χ0) is 20.2. The maximum absolute atomic E-state index is 12.4. The van der Waals surface area contributed by atoms with Crippen LogP contribution in [-0.4, -0.2) is 45.9 Å². The van der Waals surface area contributed by atoms with Crippen molar-refractivity contribution >= 4 is 27.4 Å². The van der Waals surface area contributed by atoms with Gasteiger partial charge in [-0.15, -0.1) is 0 Å². The van der Waals surface area contributed by atoms with Crippen molar-refractivity contribution in [1.82, 2.24) is 0 Å². The summed E-state index contributed by atoms with van der Waals surface area (Å²) in [5.41, 5.74) is 0.685. The first kappa shape index (κ1) is 20.2. The molecule has 0 aliphatic rings. The summed E-state index contributed by atoms with van der Waals surface area (Å²) in [6, 6.07) is 8.61. The molecule has 2 aromatic rings. The molecule has 2 aromatic carbocycles. The first-order valence-electron chi connectivity index (χ1n) is 7.72. The highest BCUT2D eigenvalue weighted by Crippen LogP contribution is 2.33. The number of sulfone groups is 1. The van der Waals surface area contributed by atoms with Crippen LogP contribution in [0, 0.1) is 0 Å². The first-order chi connectivity index (χ1) is 12.6. The van der Waals surface area contributed by atoms with E-state index < -0.39 is 21.7 Å². The third-order valence-electron chi connectivity index (χ3n) is 3.65. The molecule has 1 amide bonds. The van der Waals surface area contributed by atoms with Gasteiger partial charge in [-0.1, -0.05) is 12.1 Å². The predicted octanol–water partition coefficient (Wildman–Crippen LogP) is 2.20. The Morgan fingerprint density at radius 3 is 2.07 bits per heavy atom. The molecular weight excluding hydrogens is 374 g/mol. The van der Waals surface area contributed by atoms with Crippen LogP contribution in [-0.2, 0) is 15.6 Å². The van der Waals surface area contributed by atoms with Crippen molar-refractivity contribution in [3.63, 3.8) is 0 Å². The molecule has 0 fully saturated rings. The molecule has 144 valence electrons. The van der Waals surface area contributed by atoms with Gasteiger partial charge in [-0.2, -0.15) is 0 Å². The minimum absolute atomic E-state index is 0.0466. The Kier molecular flexibility index (Phi) is 6.06. The fraction of sp³-hybridized carbons (Fsp3) is 0.222. The number of hydrogen-bond donors (Lipinski definition) is 2. The maximum Gasteiger partial charge on any atom is 0.337 e. The second-order valence-corrected chi connectivity index (χ2v) is 7.92. The predicted molar refractivity (Wildman–Crippen MR) is 99.4 cm³/mol. The second-order valence-electron chi connectivity index (χ2n) is 5.78. The van der Waals surface area contributed by atoms with Crippen molar-refractivity contribution in [2.24, 2.45) is 0 Å². The zero-order valence-electron chi connectivity index (χ0n) is 15.0. The number of carboxylic acid groups (broad SMARTS) is 1. The van der Waals surface area contributed by atoms with Gasteiger partial charge in [0.05, 0.1) is 31.2 Å². The van der Waals surface area contributed by atoms with Crippen LogP contribution >= 0.6 is 0 Å². The van der Waals surface area contributed by atoms with Crippen LogP contribution in [0.2, 0.25) is 0 Å². The van der Waals surface area contributed by atoms with Gasteiger partial charge in [-0.3, -0.25) is 4.79 Å². The van der Waals surface area contributed by atoms with E-state index in [1.165, 1.54) is 50.6 Å². The number of carboxylic acids is 1. The number of benzene rings is 2. The molecule has 0 aromatic heterocycles. The minimum Gasteiger partial charge on any atom is -0.493 e. The zero-order valence-corrected chi connectivity index (χ0v) is 15.8. The maximum atomic E-state index is 12.4. The van der Waals surface area contributed by atoms with Crippen LogP contribution in [0.1, 0.15) is 26.3 Å². The van der Waals surface area contributed by atoms with Gasteiger partial charge in [0.25, 0.3) is 5.91 Å². The lowest BCUT2D eigenvalue weighted by atomic mass is 10.1. The fourth-order valence-electron chi connectivity index (χ4n) is 2.41. The van der Waals surface area contributed by atoms with E-state index in [-0.39, 0.29) is 34.1 Å². The van der Waals surface area contributed by atoms with Crippen LogP contribution < -0.4 is 14.8 Å². The quantitative estimate of drug-likeness (QED) is 0.740. The van der Waals surface area contributed by atoms with Gasteiger partial charge >= 0.3 is 5.97 Å². The lowest BCUT2D eigenvalue weighted by Gasteiger charge is -2.14. The number of carbonyl (C=O) groups is 2. The highest BCUT2D eigenvalue weighted by molar-refractivity contribution is 7.89. The molecule has 0 bridgehead atoms. The largest absolute Gasteiger partial charge is 0.493 e. The number of methoxy groups -OCH3 is 2. The second kappa shape index (κ2) is 8.09. The summed E-state index contributed by atoms with van der Waals surface area (Å²) in [5.74, 6) is -1.43. The number of nitrogens with one attached hydrogen (secondary N) is 1. The average molecular weight is 393 g/mol. The van der Waals surface area contributed by atoms with Crippen molar-refractivity contribution in [1.29, 1.82) is 0 Å². The number of rotatable bonds is 7. The average Bonchev–Trinajstić information content (AvgIpc) is 2.60. The lowest BCUT2D eigenvalue weighted by Crippen LogP contribution is -2.15. The lowest BCUT2D eigenvalue weighted by molar-refractivity contribution is 0.0697. The summed E-state index contributed by atoms with van der Waals surface area (Å²) in [6.45, 7) is 0. The van der Waals surface area contributed by atoms with E-state index in [0.29, 0.717) is 5.56 Å². The molecule has 9 heteroatoms. The van der Waals surface area contributed by atoms with Gasteiger partial charge in [0.2, 0.25) is 0 Å². The van der Waals surface area contributed by atoms with Gasteiger partial charge in [0.15, 0.2) is 21.3 Å². The Labute approximate surface area is 156 Å². The number of anilines is 1. The van der Waals surface area contributed by atoms with Crippen molar-refractivity contribution < 1.29 is 32.6 Å². The molecule has 0 saturated carbocycles. The number of carbonyl (C=O) groups excluding carboxylic acids is 1. The van der Waals surface area contributed by atoms with Crippen LogP contribution in [0.25, 0.3) is 0 Å². The van der Waals surface area contributed by atoms with Crippen molar-refractivity contribution in [2.45, 2.75) is 5.75 Å². The molecule has 2 rings (SSSR count). The molecule has 0 aliphatic heterocycles. The third-order valence-corrected chi connectivity index (χ3v) is 4.51. The van der Waals surface area contributed by atoms with Crippen LogP contribution in [0.4, 0.5) is 5.69 Å². The van der Waals surface area contributed by atoms with E-state index in [4.69, 9.17) is 9.47 Å². The summed E-state index contributed by atoms with van der Waals surface area (Å²) in [5, 5.41) is 11.9. The smallest absolute Gasteiger partial charge is 0.337 e. The Bertz CT molecular complexity index is 966. The summed E-state index contributed by atoms with van der Waals surface area (Å²) in [4.78, 5) is 23.9. The Balaban J connectivity index is 2.30. The number of ether oxygens (including phenoxy) is 2. The number of amides is 1. The summed E-state index contributed by atoms with van der Waals surface area (Å²) in [6.07, 6.45) is 1.12. The van der Waals surface area contributed by atoms with Gasteiger partial charge in [-0.25, -0.2) is 13.2 Å². The molecule has 0 atom stereocenters. The molecule has 0 spiro atoms. The summed E-state index contributed by atoms with van der Waals surface area (Å²) in [7, 11) is -0.412. The standard InChI is InChI=1S/C18H19NO7S/c1-25-15-8-13(18(21)22)14(9-16(15)26-2)19-17(20)12-6-4-11(5-7-12)10-27(3,23)24/h4-9H,10H2,1-3H3,(H,19,20)(H,21,22). The van der Waals surface area contributed by atoms with Crippen LogP contribution in [0.15, 0.2) is 36.4 Å². The normalized spacial score (nSPS) is 10.9. The number of aromatic carboxylic acids is 1.